The first kappa shape index (κ1) is 13.1. The molecular weight excluding hydrogens is 236 g/mol. The molecule has 2 atom stereocenters. The van der Waals surface area contributed by atoms with E-state index in [1.54, 1.807) is 4.90 Å². The van der Waals surface area contributed by atoms with Gasteiger partial charge in [0.05, 0.1) is 0 Å². The summed E-state index contributed by atoms with van der Waals surface area (Å²) in [5, 5.41) is 10.3. The Morgan fingerprint density at radius 3 is 2.94 bits per heavy atom. The molecule has 2 fully saturated rings. The molecule has 18 heavy (non-hydrogen) atoms. The van der Waals surface area contributed by atoms with E-state index in [2.05, 4.69) is 0 Å². The maximum absolute atomic E-state index is 11.8. The smallest absolute Gasteiger partial charge is 0.347 e. The maximum Gasteiger partial charge on any atom is 0.347 e. The van der Waals surface area contributed by atoms with Crippen LogP contribution in [0.3, 0.4) is 0 Å². The summed E-state index contributed by atoms with van der Waals surface area (Å²) in [6.07, 6.45) is 1.82. The molecule has 0 spiro atoms. The van der Waals surface area contributed by atoms with Gasteiger partial charge in [-0.15, -0.1) is 0 Å². The van der Waals surface area contributed by atoms with E-state index in [-0.39, 0.29) is 17.9 Å². The fraction of sp³-hybridized carbons (Fsp3) is 0.833. The van der Waals surface area contributed by atoms with Gasteiger partial charge in [-0.2, -0.15) is 5.06 Å². The van der Waals surface area contributed by atoms with Gasteiger partial charge in [0.1, 0.15) is 0 Å². The molecular formula is C12H20N2O4. The predicted molar refractivity (Wildman–Crippen MR) is 62.7 cm³/mol. The quantitative estimate of drug-likeness (QED) is 0.615. The summed E-state index contributed by atoms with van der Waals surface area (Å²) in [4.78, 5) is 25.1. The number of hydroxylamine groups is 2. The van der Waals surface area contributed by atoms with E-state index < -0.39 is 12.3 Å². The Hall–Kier alpha value is -1.30. The Morgan fingerprint density at radius 1 is 1.56 bits per heavy atom. The Balaban J connectivity index is 1.96. The van der Waals surface area contributed by atoms with Crippen molar-refractivity contribution < 1.29 is 19.5 Å². The third-order valence-electron chi connectivity index (χ3n) is 3.41. The van der Waals surface area contributed by atoms with Crippen molar-refractivity contribution >= 4 is 12.0 Å². The van der Waals surface area contributed by atoms with Crippen molar-refractivity contribution in [1.82, 2.24) is 9.96 Å². The topological polar surface area (TPSA) is 70.1 Å². The summed E-state index contributed by atoms with van der Waals surface area (Å²) in [5.74, 6) is -0.166. The highest BCUT2D eigenvalue weighted by Crippen LogP contribution is 2.29. The first-order valence-corrected chi connectivity index (χ1v) is 6.47. The summed E-state index contributed by atoms with van der Waals surface area (Å²) in [6.45, 7) is 4.51. The molecule has 0 aliphatic carbocycles. The van der Waals surface area contributed by atoms with Gasteiger partial charge in [0.2, 0.25) is 6.23 Å². The van der Waals surface area contributed by atoms with Gasteiger partial charge in [-0.3, -0.25) is 10.0 Å². The van der Waals surface area contributed by atoms with E-state index in [0.29, 0.717) is 24.4 Å². The minimum atomic E-state index is -0.830. The number of fused-ring (bicyclic) bond motifs is 1. The predicted octanol–water partition coefficient (Wildman–Crippen LogP) is 1.58. The van der Waals surface area contributed by atoms with Gasteiger partial charge in [0.25, 0.3) is 0 Å². The Labute approximate surface area is 106 Å². The molecule has 102 valence electrons. The molecule has 2 rings (SSSR count). The lowest BCUT2D eigenvalue weighted by Gasteiger charge is -2.39. The first-order valence-electron chi connectivity index (χ1n) is 6.47. The highest BCUT2D eigenvalue weighted by atomic mass is 16.6. The van der Waals surface area contributed by atoms with Gasteiger partial charge in [-0.1, -0.05) is 13.8 Å². The van der Waals surface area contributed by atoms with Gasteiger partial charge in [0.15, 0.2) is 0 Å². The number of nitrogens with zero attached hydrogens (tertiary/aromatic N) is 2. The molecule has 2 aliphatic heterocycles. The van der Waals surface area contributed by atoms with Crippen LogP contribution >= 0.6 is 0 Å². The number of esters is 1. The van der Waals surface area contributed by atoms with Gasteiger partial charge < -0.3 is 9.64 Å². The number of carbonyl (C=O) groups excluding carboxylic acids is 2. The van der Waals surface area contributed by atoms with Crippen molar-refractivity contribution in [2.45, 2.75) is 51.8 Å². The van der Waals surface area contributed by atoms with Gasteiger partial charge in [-0.05, 0) is 18.8 Å². The molecule has 0 aromatic heterocycles. The first-order chi connectivity index (χ1) is 8.49. The fourth-order valence-electron chi connectivity index (χ4n) is 2.55. The molecule has 0 radical (unpaired) electrons. The summed E-state index contributed by atoms with van der Waals surface area (Å²) >= 11 is 0. The summed E-state index contributed by atoms with van der Waals surface area (Å²) in [6, 6.07) is -0.358. The van der Waals surface area contributed by atoms with Crippen LogP contribution in [0.4, 0.5) is 4.79 Å². The maximum atomic E-state index is 11.8. The largest absolute Gasteiger partial charge is 0.439 e. The zero-order valence-electron chi connectivity index (χ0n) is 10.8. The zero-order chi connectivity index (χ0) is 13.3. The van der Waals surface area contributed by atoms with Crippen molar-refractivity contribution in [1.29, 1.82) is 0 Å². The van der Waals surface area contributed by atoms with Crippen molar-refractivity contribution in [3.63, 3.8) is 0 Å². The van der Waals surface area contributed by atoms with Crippen molar-refractivity contribution in [2.24, 2.45) is 5.92 Å². The van der Waals surface area contributed by atoms with E-state index in [1.807, 2.05) is 13.8 Å². The molecule has 0 aromatic carbocycles. The minimum absolute atomic E-state index is 0.0951. The number of ether oxygens (including phenoxy) is 1. The molecule has 0 aromatic rings. The molecule has 2 unspecified atom stereocenters. The second-order valence-electron chi connectivity index (χ2n) is 5.39. The average Bonchev–Trinajstić information content (AvgIpc) is 2.72. The third kappa shape index (κ3) is 2.58. The van der Waals surface area contributed by atoms with Crippen LogP contribution in [0.25, 0.3) is 0 Å². The lowest BCUT2D eigenvalue weighted by Crippen LogP contribution is -2.56. The number of carbonyl (C=O) groups is 2. The molecule has 0 saturated carbocycles. The van der Waals surface area contributed by atoms with Crippen LogP contribution in [0.2, 0.25) is 0 Å². The Bertz CT molecular complexity index is 345. The van der Waals surface area contributed by atoms with E-state index in [9.17, 15) is 14.8 Å². The lowest BCUT2D eigenvalue weighted by atomic mass is 10.1. The van der Waals surface area contributed by atoms with E-state index in [1.165, 1.54) is 0 Å². The highest BCUT2D eigenvalue weighted by Gasteiger charge is 2.43. The highest BCUT2D eigenvalue weighted by molar-refractivity contribution is 5.76. The molecule has 1 N–H and O–H groups in total. The van der Waals surface area contributed by atoms with Crippen LogP contribution < -0.4 is 0 Å². The van der Waals surface area contributed by atoms with Gasteiger partial charge >= 0.3 is 12.0 Å². The third-order valence-corrected chi connectivity index (χ3v) is 3.41. The SMILES string of the molecule is CC(C)CC(=O)OC1CC2CCCN2C(=O)N1O. The number of amides is 2. The van der Waals surface area contributed by atoms with Crippen molar-refractivity contribution in [3.8, 4) is 0 Å². The van der Waals surface area contributed by atoms with E-state index in [4.69, 9.17) is 4.74 Å². The molecule has 6 nitrogen and oxygen atoms in total. The normalized spacial score (nSPS) is 27.7. The Morgan fingerprint density at radius 2 is 2.28 bits per heavy atom. The van der Waals surface area contributed by atoms with Crippen LogP contribution in [0.15, 0.2) is 0 Å². The fourth-order valence-corrected chi connectivity index (χ4v) is 2.55. The second-order valence-corrected chi connectivity index (χ2v) is 5.39. The van der Waals surface area contributed by atoms with Crippen molar-refractivity contribution in [3.05, 3.63) is 0 Å². The Kier molecular flexibility index (Phi) is 3.75. The van der Waals surface area contributed by atoms with Crippen LogP contribution in [0, 0.1) is 5.92 Å². The zero-order valence-corrected chi connectivity index (χ0v) is 10.8. The summed E-state index contributed by atoms with van der Waals surface area (Å²) < 4.78 is 5.18. The van der Waals surface area contributed by atoms with Crippen LogP contribution in [-0.2, 0) is 9.53 Å². The van der Waals surface area contributed by atoms with Gasteiger partial charge in [0, 0.05) is 25.4 Å². The molecule has 0 bridgehead atoms. The monoisotopic (exact) mass is 256 g/mol. The summed E-state index contributed by atoms with van der Waals surface area (Å²) in [5.41, 5.74) is 0. The molecule has 2 saturated heterocycles. The number of hydrogen-bond acceptors (Lipinski definition) is 4. The average molecular weight is 256 g/mol. The second kappa shape index (κ2) is 5.14. The molecule has 2 heterocycles. The number of hydrogen-bond donors (Lipinski definition) is 1. The van der Waals surface area contributed by atoms with E-state index in [0.717, 1.165) is 12.8 Å². The number of urea groups is 1. The van der Waals surface area contributed by atoms with Crippen molar-refractivity contribution in [2.75, 3.05) is 6.54 Å². The van der Waals surface area contributed by atoms with Gasteiger partial charge in [-0.25, -0.2) is 4.79 Å². The van der Waals surface area contributed by atoms with Crippen LogP contribution in [-0.4, -0.2) is 46.0 Å². The molecule has 6 heteroatoms. The molecule has 2 amide bonds. The van der Waals surface area contributed by atoms with Crippen LogP contribution in [0.1, 0.15) is 39.5 Å². The lowest BCUT2D eigenvalue weighted by molar-refractivity contribution is -0.209. The minimum Gasteiger partial charge on any atom is -0.439 e. The van der Waals surface area contributed by atoms with Crippen LogP contribution in [0.5, 0.6) is 0 Å². The standard InChI is InChI=1S/C12H20N2O4/c1-8(2)6-11(15)18-10-7-9-4-3-5-13(9)12(16)14(10)17/h8-10,17H,3-7H2,1-2H3. The summed E-state index contributed by atoms with van der Waals surface area (Å²) in [7, 11) is 0. The number of rotatable bonds is 3. The molecule has 2 aliphatic rings. The van der Waals surface area contributed by atoms with E-state index >= 15 is 0 Å².